The number of carbonyl (C=O) groups excluding carboxylic acids is 1. The van der Waals surface area contributed by atoms with E-state index in [0.29, 0.717) is 12.1 Å². The molecule has 0 fully saturated rings. The smallest absolute Gasteiger partial charge is 0.255 e. The Balaban J connectivity index is 1.88. The molecule has 5 nitrogen and oxygen atoms in total. The summed E-state index contributed by atoms with van der Waals surface area (Å²) in [6.07, 6.45) is 2.59. The Labute approximate surface area is 140 Å². The Morgan fingerprint density at radius 3 is 2.79 bits per heavy atom. The van der Waals surface area contributed by atoms with Gasteiger partial charge in [0.05, 0.1) is 16.9 Å². The first kappa shape index (κ1) is 14.5. The quantitative estimate of drug-likeness (QED) is 0.693. The molecule has 0 radical (unpaired) electrons. The highest BCUT2D eigenvalue weighted by molar-refractivity contribution is 6.06. The van der Waals surface area contributed by atoms with Gasteiger partial charge in [0.1, 0.15) is 0 Å². The zero-order valence-electron chi connectivity index (χ0n) is 13.4. The second-order valence-corrected chi connectivity index (χ2v) is 5.91. The molecule has 0 saturated carbocycles. The SMILES string of the molecule is Cc1cc(-c2[nH]c3c(c2Nc2ccccc2)C(=O)NCC3)ccn1. The van der Waals surface area contributed by atoms with Crippen molar-refractivity contribution in [2.45, 2.75) is 13.3 Å². The summed E-state index contributed by atoms with van der Waals surface area (Å²) >= 11 is 0. The predicted molar refractivity (Wildman–Crippen MR) is 94.5 cm³/mol. The number of nitrogens with one attached hydrogen (secondary N) is 3. The summed E-state index contributed by atoms with van der Waals surface area (Å²) in [5.41, 5.74) is 6.32. The third-order valence-electron chi connectivity index (χ3n) is 4.19. The Morgan fingerprint density at radius 1 is 1.17 bits per heavy atom. The maximum atomic E-state index is 12.4. The van der Waals surface area contributed by atoms with E-state index in [2.05, 4.69) is 20.6 Å². The van der Waals surface area contributed by atoms with Crippen LogP contribution in [0.5, 0.6) is 0 Å². The van der Waals surface area contributed by atoms with Gasteiger partial charge in [-0.1, -0.05) is 18.2 Å². The molecule has 1 amide bonds. The van der Waals surface area contributed by atoms with E-state index in [1.165, 1.54) is 0 Å². The Morgan fingerprint density at radius 2 is 2.00 bits per heavy atom. The number of pyridine rings is 1. The van der Waals surface area contributed by atoms with E-state index in [0.717, 1.165) is 40.4 Å². The van der Waals surface area contributed by atoms with Crippen LogP contribution in [0, 0.1) is 6.92 Å². The number of amides is 1. The lowest BCUT2D eigenvalue weighted by Gasteiger charge is -2.15. The van der Waals surface area contributed by atoms with Crippen LogP contribution >= 0.6 is 0 Å². The number of hydrogen-bond acceptors (Lipinski definition) is 3. The highest BCUT2D eigenvalue weighted by atomic mass is 16.1. The normalized spacial score (nSPS) is 13.3. The minimum Gasteiger partial charge on any atom is -0.356 e. The number of para-hydroxylation sites is 1. The van der Waals surface area contributed by atoms with Gasteiger partial charge in [-0.2, -0.15) is 0 Å². The van der Waals surface area contributed by atoms with Crippen molar-refractivity contribution in [3.05, 3.63) is 65.6 Å². The van der Waals surface area contributed by atoms with Crippen LogP contribution in [0.2, 0.25) is 0 Å². The predicted octanol–water partition coefficient (Wildman–Crippen LogP) is 3.41. The summed E-state index contributed by atoms with van der Waals surface area (Å²) in [6.45, 7) is 2.62. The van der Waals surface area contributed by atoms with E-state index < -0.39 is 0 Å². The van der Waals surface area contributed by atoms with Crippen molar-refractivity contribution in [2.24, 2.45) is 0 Å². The first-order valence-corrected chi connectivity index (χ1v) is 8.00. The molecule has 2 aromatic heterocycles. The molecule has 1 aliphatic rings. The maximum Gasteiger partial charge on any atom is 0.255 e. The second kappa shape index (κ2) is 5.85. The van der Waals surface area contributed by atoms with Crippen LogP contribution in [-0.4, -0.2) is 22.4 Å². The zero-order chi connectivity index (χ0) is 16.5. The molecule has 3 N–H and O–H groups in total. The van der Waals surface area contributed by atoms with Gasteiger partial charge in [0.2, 0.25) is 0 Å². The number of anilines is 2. The first-order chi connectivity index (χ1) is 11.7. The van der Waals surface area contributed by atoms with E-state index >= 15 is 0 Å². The average molecular weight is 318 g/mol. The average Bonchev–Trinajstić information content (AvgIpc) is 2.96. The third kappa shape index (κ3) is 2.54. The van der Waals surface area contributed by atoms with E-state index in [-0.39, 0.29) is 5.91 Å². The second-order valence-electron chi connectivity index (χ2n) is 5.91. The fourth-order valence-electron chi connectivity index (χ4n) is 3.09. The highest BCUT2D eigenvalue weighted by Gasteiger charge is 2.26. The van der Waals surface area contributed by atoms with Gasteiger partial charge in [-0.15, -0.1) is 0 Å². The molecule has 3 aromatic rings. The van der Waals surface area contributed by atoms with Crippen LogP contribution in [0.4, 0.5) is 11.4 Å². The van der Waals surface area contributed by atoms with Crippen molar-refractivity contribution < 1.29 is 4.79 Å². The lowest BCUT2D eigenvalue weighted by Crippen LogP contribution is -2.31. The van der Waals surface area contributed by atoms with Crippen LogP contribution in [0.1, 0.15) is 21.7 Å². The van der Waals surface area contributed by atoms with Gasteiger partial charge in [0, 0.05) is 41.8 Å². The molecule has 3 heterocycles. The first-order valence-electron chi connectivity index (χ1n) is 8.00. The van der Waals surface area contributed by atoms with Gasteiger partial charge >= 0.3 is 0 Å². The minimum absolute atomic E-state index is 0.0389. The van der Waals surface area contributed by atoms with Crippen molar-refractivity contribution in [1.82, 2.24) is 15.3 Å². The lowest BCUT2D eigenvalue weighted by atomic mass is 10.0. The molecular formula is C19H18N4O. The number of hydrogen-bond donors (Lipinski definition) is 3. The molecule has 5 heteroatoms. The Hall–Kier alpha value is -3.08. The summed E-state index contributed by atoms with van der Waals surface area (Å²) in [5, 5.41) is 6.35. The molecule has 120 valence electrons. The molecule has 1 aliphatic heterocycles. The van der Waals surface area contributed by atoms with Gasteiger partial charge < -0.3 is 15.6 Å². The van der Waals surface area contributed by atoms with E-state index in [4.69, 9.17) is 0 Å². The van der Waals surface area contributed by atoms with E-state index in [9.17, 15) is 4.79 Å². The highest BCUT2D eigenvalue weighted by Crippen LogP contribution is 2.36. The van der Waals surface area contributed by atoms with Gasteiger partial charge in [0.25, 0.3) is 5.91 Å². The van der Waals surface area contributed by atoms with Crippen molar-refractivity contribution in [2.75, 3.05) is 11.9 Å². The number of aryl methyl sites for hydroxylation is 1. The summed E-state index contributed by atoms with van der Waals surface area (Å²) in [5.74, 6) is -0.0389. The molecular weight excluding hydrogens is 300 g/mol. The van der Waals surface area contributed by atoms with E-state index in [1.54, 1.807) is 6.20 Å². The van der Waals surface area contributed by atoms with Gasteiger partial charge in [-0.3, -0.25) is 9.78 Å². The summed E-state index contributed by atoms with van der Waals surface area (Å²) in [6, 6.07) is 13.9. The van der Waals surface area contributed by atoms with Crippen molar-refractivity contribution in [3.63, 3.8) is 0 Å². The fraction of sp³-hybridized carbons (Fsp3) is 0.158. The van der Waals surface area contributed by atoms with Crippen LogP contribution in [0.3, 0.4) is 0 Å². The third-order valence-corrected chi connectivity index (χ3v) is 4.19. The van der Waals surface area contributed by atoms with Crippen molar-refractivity contribution in [3.8, 4) is 11.3 Å². The van der Waals surface area contributed by atoms with Crippen LogP contribution in [0.25, 0.3) is 11.3 Å². The van der Waals surface area contributed by atoms with Gasteiger partial charge in [-0.25, -0.2) is 0 Å². The van der Waals surface area contributed by atoms with Gasteiger partial charge in [0.15, 0.2) is 0 Å². The topological polar surface area (TPSA) is 69.8 Å². The number of rotatable bonds is 3. The molecule has 0 atom stereocenters. The van der Waals surface area contributed by atoms with Gasteiger partial charge in [-0.05, 0) is 31.2 Å². The number of aromatic amines is 1. The number of carbonyl (C=O) groups is 1. The molecule has 24 heavy (non-hydrogen) atoms. The van der Waals surface area contributed by atoms with Crippen molar-refractivity contribution >= 4 is 17.3 Å². The summed E-state index contributed by atoms with van der Waals surface area (Å²) in [4.78, 5) is 20.1. The zero-order valence-corrected chi connectivity index (χ0v) is 13.4. The molecule has 0 spiro atoms. The lowest BCUT2D eigenvalue weighted by molar-refractivity contribution is 0.0947. The largest absolute Gasteiger partial charge is 0.356 e. The molecule has 0 saturated heterocycles. The van der Waals surface area contributed by atoms with Crippen LogP contribution in [0.15, 0.2) is 48.7 Å². The molecule has 4 rings (SSSR count). The summed E-state index contributed by atoms with van der Waals surface area (Å²) < 4.78 is 0. The molecule has 1 aromatic carbocycles. The Bertz CT molecular complexity index is 899. The molecule has 0 bridgehead atoms. The number of fused-ring (bicyclic) bond motifs is 1. The number of aromatic nitrogens is 2. The standard InChI is InChI=1S/C19H18N4O/c1-12-11-13(7-9-20-12)17-18(22-14-5-3-2-4-6-14)16-15(23-17)8-10-21-19(16)24/h2-7,9,11,22-23H,8,10H2,1H3,(H,21,24). The summed E-state index contributed by atoms with van der Waals surface area (Å²) in [7, 11) is 0. The maximum absolute atomic E-state index is 12.4. The molecule has 0 unspecified atom stereocenters. The number of nitrogens with zero attached hydrogens (tertiary/aromatic N) is 1. The monoisotopic (exact) mass is 318 g/mol. The minimum atomic E-state index is -0.0389. The van der Waals surface area contributed by atoms with E-state index in [1.807, 2.05) is 49.4 Å². The fourth-order valence-corrected chi connectivity index (χ4v) is 3.09. The molecule has 0 aliphatic carbocycles. The van der Waals surface area contributed by atoms with Crippen LogP contribution in [-0.2, 0) is 6.42 Å². The number of benzene rings is 1. The van der Waals surface area contributed by atoms with Crippen LogP contribution < -0.4 is 10.6 Å². The van der Waals surface area contributed by atoms with Crippen molar-refractivity contribution in [1.29, 1.82) is 0 Å². The number of H-pyrrole nitrogens is 1. The Kier molecular flexibility index (Phi) is 3.54.